The lowest BCUT2D eigenvalue weighted by Gasteiger charge is -2.04. The number of rotatable bonds is 4. The average Bonchev–Trinajstić information content (AvgIpc) is 2.76. The maximum absolute atomic E-state index is 11.7. The Labute approximate surface area is 94.0 Å². The van der Waals surface area contributed by atoms with Crippen LogP contribution in [0.4, 0.5) is 0 Å². The van der Waals surface area contributed by atoms with Crippen molar-refractivity contribution in [2.24, 2.45) is 0 Å². The molecule has 1 aromatic carbocycles. The Morgan fingerprint density at radius 1 is 1.31 bits per heavy atom. The first-order valence-electron chi connectivity index (χ1n) is 5.31. The van der Waals surface area contributed by atoms with Crippen molar-refractivity contribution in [2.45, 2.75) is 0 Å². The van der Waals surface area contributed by atoms with Crippen molar-refractivity contribution < 1.29 is 4.79 Å². The summed E-state index contributed by atoms with van der Waals surface area (Å²) in [4.78, 5) is 14.8. The summed E-state index contributed by atoms with van der Waals surface area (Å²) in [6, 6.07) is 7.63. The summed E-state index contributed by atoms with van der Waals surface area (Å²) in [6.45, 7) is 1.41. The SMILES string of the molecule is CNCCNC(=O)c1ccc2cc[nH]c2c1. The van der Waals surface area contributed by atoms with Crippen molar-refractivity contribution >= 4 is 16.8 Å². The van der Waals surface area contributed by atoms with Crippen LogP contribution in [0.25, 0.3) is 10.9 Å². The molecule has 2 aromatic rings. The van der Waals surface area contributed by atoms with Gasteiger partial charge in [0.25, 0.3) is 5.91 Å². The second-order valence-corrected chi connectivity index (χ2v) is 3.64. The predicted molar refractivity (Wildman–Crippen MR) is 64.6 cm³/mol. The number of hydrogen-bond acceptors (Lipinski definition) is 2. The van der Waals surface area contributed by atoms with Gasteiger partial charge in [0.05, 0.1) is 0 Å². The van der Waals surface area contributed by atoms with E-state index < -0.39 is 0 Å². The second-order valence-electron chi connectivity index (χ2n) is 3.64. The van der Waals surface area contributed by atoms with E-state index in [1.54, 1.807) is 0 Å². The molecule has 0 saturated heterocycles. The van der Waals surface area contributed by atoms with Gasteiger partial charge in [0.1, 0.15) is 0 Å². The molecule has 3 N–H and O–H groups in total. The number of hydrogen-bond donors (Lipinski definition) is 3. The van der Waals surface area contributed by atoms with Gasteiger partial charge >= 0.3 is 0 Å². The lowest BCUT2D eigenvalue weighted by atomic mass is 10.1. The molecule has 0 aliphatic rings. The van der Waals surface area contributed by atoms with Crippen LogP contribution in [0.15, 0.2) is 30.5 Å². The van der Waals surface area contributed by atoms with Crippen molar-refractivity contribution in [1.82, 2.24) is 15.6 Å². The van der Waals surface area contributed by atoms with E-state index in [9.17, 15) is 4.79 Å². The summed E-state index contributed by atoms with van der Waals surface area (Å²) in [5.74, 6) is -0.0354. The monoisotopic (exact) mass is 217 g/mol. The molecular formula is C12H15N3O. The molecule has 0 spiro atoms. The highest BCUT2D eigenvalue weighted by molar-refractivity contribution is 5.97. The van der Waals surface area contributed by atoms with Gasteiger partial charge in [-0.25, -0.2) is 0 Å². The van der Waals surface area contributed by atoms with E-state index in [0.29, 0.717) is 12.1 Å². The zero-order valence-electron chi connectivity index (χ0n) is 9.21. The van der Waals surface area contributed by atoms with E-state index in [-0.39, 0.29) is 5.91 Å². The molecule has 2 rings (SSSR count). The van der Waals surface area contributed by atoms with Gasteiger partial charge in [-0.05, 0) is 30.6 Å². The molecule has 4 nitrogen and oxygen atoms in total. The van der Waals surface area contributed by atoms with Gasteiger partial charge in [0.15, 0.2) is 0 Å². The Morgan fingerprint density at radius 3 is 3.00 bits per heavy atom. The first kappa shape index (κ1) is 10.7. The van der Waals surface area contributed by atoms with Crippen molar-refractivity contribution in [3.63, 3.8) is 0 Å². The topological polar surface area (TPSA) is 56.9 Å². The summed E-state index contributed by atoms with van der Waals surface area (Å²) in [6.07, 6.45) is 1.87. The molecule has 84 valence electrons. The highest BCUT2D eigenvalue weighted by atomic mass is 16.1. The zero-order chi connectivity index (χ0) is 11.4. The van der Waals surface area contributed by atoms with Crippen LogP contribution in [0.3, 0.4) is 0 Å². The van der Waals surface area contributed by atoms with Gasteiger partial charge in [0, 0.05) is 30.4 Å². The number of aromatic nitrogens is 1. The van der Waals surface area contributed by atoms with Crippen LogP contribution < -0.4 is 10.6 Å². The number of carbonyl (C=O) groups excluding carboxylic acids is 1. The van der Waals surface area contributed by atoms with E-state index >= 15 is 0 Å². The van der Waals surface area contributed by atoms with Crippen LogP contribution in [0.5, 0.6) is 0 Å². The summed E-state index contributed by atoms with van der Waals surface area (Å²) in [5, 5.41) is 6.94. The smallest absolute Gasteiger partial charge is 0.251 e. The molecular weight excluding hydrogens is 202 g/mol. The number of aromatic amines is 1. The first-order chi connectivity index (χ1) is 7.81. The van der Waals surface area contributed by atoms with E-state index in [1.165, 1.54) is 0 Å². The van der Waals surface area contributed by atoms with E-state index in [0.717, 1.165) is 17.4 Å². The molecule has 0 aliphatic heterocycles. The lowest BCUT2D eigenvalue weighted by Crippen LogP contribution is -2.30. The predicted octanol–water partition coefficient (Wildman–Crippen LogP) is 1.12. The summed E-state index contributed by atoms with van der Waals surface area (Å²) in [5.41, 5.74) is 1.67. The summed E-state index contributed by atoms with van der Waals surface area (Å²) >= 11 is 0. The molecule has 16 heavy (non-hydrogen) atoms. The fraction of sp³-hybridized carbons (Fsp3) is 0.250. The second kappa shape index (κ2) is 4.81. The molecule has 1 amide bonds. The highest BCUT2D eigenvalue weighted by Crippen LogP contribution is 2.13. The normalized spacial score (nSPS) is 10.6. The number of amides is 1. The average molecular weight is 217 g/mol. The first-order valence-corrected chi connectivity index (χ1v) is 5.31. The molecule has 1 aromatic heterocycles. The van der Waals surface area contributed by atoms with Gasteiger partial charge in [-0.15, -0.1) is 0 Å². The fourth-order valence-electron chi connectivity index (χ4n) is 1.59. The molecule has 0 atom stereocenters. The Balaban J connectivity index is 2.10. The summed E-state index contributed by atoms with van der Waals surface area (Å²) in [7, 11) is 1.86. The van der Waals surface area contributed by atoms with E-state index in [2.05, 4.69) is 15.6 Å². The largest absolute Gasteiger partial charge is 0.361 e. The number of carbonyl (C=O) groups is 1. The molecule has 0 fully saturated rings. The van der Waals surface area contributed by atoms with Crippen molar-refractivity contribution in [3.8, 4) is 0 Å². The van der Waals surface area contributed by atoms with Crippen LogP contribution in [0.2, 0.25) is 0 Å². The van der Waals surface area contributed by atoms with Crippen molar-refractivity contribution in [1.29, 1.82) is 0 Å². The molecule has 0 bridgehead atoms. The van der Waals surface area contributed by atoms with Crippen LogP contribution >= 0.6 is 0 Å². The van der Waals surface area contributed by atoms with Gasteiger partial charge in [-0.3, -0.25) is 4.79 Å². The third-order valence-corrected chi connectivity index (χ3v) is 2.48. The maximum atomic E-state index is 11.7. The van der Waals surface area contributed by atoms with Crippen LogP contribution in [-0.2, 0) is 0 Å². The maximum Gasteiger partial charge on any atom is 0.251 e. The number of fused-ring (bicyclic) bond motifs is 1. The van der Waals surface area contributed by atoms with Crippen LogP contribution in [0.1, 0.15) is 10.4 Å². The quantitative estimate of drug-likeness (QED) is 0.672. The third-order valence-electron chi connectivity index (χ3n) is 2.48. The Morgan fingerprint density at radius 2 is 2.19 bits per heavy atom. The number of likely N-dealkylation sites (N-methyl/N-ethyl adjacent to an activating group) is 1. The van der Waals surface area contributed by atoms with Crippen LogP contribution in [0, 0.1) is 0 Å². The standard InChI is InChI=1S/C12H15N3O/c1-13-6-7-15-12(16)10-3-2-9-4-5-14-11(9)8-10/h2-5,8,13-14H,6-7H2,1H3,(H,15,16). The molecule has 4 heteroatoms. The molecule has 0 saturated carbocycles. The Bertz CT molecular complexity index is 490. The highest BCUT2D eigenvalue weighted by Gasteiger charge is 2.05. The zero-order valence-corrected chi connectivity index (χ0v) is 9.21. The minimum absolute atomic E-state index is 0.0354. The molecule has 0 aliphatic carbocycles. The summed E-state index contributed by atoms with van der Waals surface area (Å²) < 4.78 is 0. The molecule has 1 heterocycles. The third kappa shape index (κ3) is 2.23. The van der Waals surface area contributed by atoms with Crippen LogP contribution in [-0.4, -0.2) is 31.0 Å². The molecule has 0 unspecified atom stereocenters. The Hall–Kier alpha value is -1.81. The number of benzene rings is 1. The van der Waals surface area contributed by atoms with Gasteiger partial charge in [-0.1, -0.05) is 6.07 Å². The fourth-order valence-corrected chi connectivity index (χ4v) is 1.59. The van der Waals surface area contributed by atoms with Gasteiger partial charge in [-0.2, -0.15) is 0 Å². The Kier molecular flexibility index (Phi) is 3.22. The van der Waals surface area contributed by atoms with E-state index in [1.807, 2.05) is 37.5 Å². The van der Waals surface area contributed by atoms with Crippen molar-refractivity contribution in [2.75, 3.05) is 20.1 Å². The number of nitrogens with one attached hydrogen (secondary N) is 3. The number of H-pyrrole nitrogens is 1. The van der Waals surface area contributed by atoms with Crippen molar-refractivity contribution in [3.05, 3.63) is 36.0 Å². The minimum Gasteiger partial charge on any atom is -0.361 e. The van der Waals surface area contributed by atoms with E-state index in [4.69, 9.17) is 0 Å². The lowest BCUT2D eigenvalue weighted by molar-refractivity contribution is 0.0954. The molecule has 0 radical (unpaired) electrons. The van der Waals surface area contributed by atoms with Gasteiger partial charge < -0.3 is 15.6 Å². The minimum atomic E-state index is -0.0354. The van der Waals surface area contributed by atoms with Gasteiger partial charge in [0.2, 0.25) is 0 Å².